The molecule has 0 aliphatic carbocycles. The van der Waals surface area contributed by atoms with Gasteiger partial charge in [0, 0.05) is 31.7 Å². The Labute approximate surface area is 153 Å². The fraction of sp³-hybridized carbons (Fsp3) is 0.650. The molecule has 1 rings (SSSR count). The summed E-state index contributed by atoms with van der Waals surface area (Å²) >= 11 is 0. The number of hydrogen-bond donors (Lipinski definition) is 3. The number of rotatable bonds is 9. The lowest BCUT2D eigenvalue weighted by atomic mass is 9.96. The Bertz CT molecular complexity index is 504. The highest BCUT2D eigenvalue weighted by Crippen LogP contribution is 2.20. The van der Waals surface area contributed by atoms with Crippen molar-refractivity contribution in [2.24, 2.45) is 4.99 Å². The largest absolute Gasteiger partial charge is 0.384 e. The molecule has 1 unspecified atom stereocenters. The van der Waals surface area contributed by atoms with Crippen LogP contribution in [0.3, 0.4) is 0 Å². The molecule has 0 bridgehead atoms. The van der Waals surface area contributed by atoms with E-state index in [2.05, 4.69) is 48.2 Å². The molecule has 0 saturated carbocycles. The van der Waals surface area contributed by atoms with Crippen molar-refractivity contribution in [3.05, 3.63) is 35.9 Å². The topological polar surface area (TPSA) is 59.9 Å². The van der Waals surface area contributed by atoms with E-state index in [-0.39, 0.29) is 0 Å². The molecule has 0 saturated heterocycles. The average Bonchev–Trinajstić information content (AvgIpc) is 2.56. The van der Waals surface area contributed by atoms with Crippen molar-refractivity contribution in [2.75, 3.05) is 26.2 Å². The first-order valence-electron chi connectivity index (χ1n) is 9.33. The van der Waals surface area contributed by atoms with Gasteiger partial charge in [0.2, 0.25) is 0 Å². The van der Waals surface area contributed by atoms with E-state index >= 15 is 0 Å². The number of aliphatic imine (C=N–C) groups is 1. The molecule has 0 fully saturated rings. The second kappa shape index (κ2) is 10.4. The lowest BCUT2D eigenvalue weighted by Crippen LogP contribution is -2.45. The highest BCUT2D eigenvalue weighted by atomic mass is 16.3. The van der Waals surface area contributed by atoms with Crippen LogP contribution in [0.4, 0.5) is 0 Å². The zero-order chi connectivity index (χ0) is 18.9. The third-order valence-corrected chi connectivity index (χ3v) is 4.27. The Morgan fingerprint density at radius 3 is 2.24 bits per heavy atom. The Hall–Kier alpha value is -1.59. The summed E-state index contributed by atoms with van der Waals surface area (Å²) in [6, 6.07) is 10.7. The van der Waals surface area contributed by atoms with Crippen LogP contribution in [0.15, 0.2) is 35.3 Å². The maximum absolute atomic E-state index is 10.7. The van der Waals surface area contributed by atoms with Crippen molar-refractivity contribution in [1.29, 1.82) is 0 Å². The van der Waals surface area contributed by atoms with E-state index in [1.54, 1.807) is 6.92 Å². The third kappa shape index (κ3) is 7.45. The van der Waals surface area contributed by atoms with Crippen LogP contribution in [0.25, 0.3) is 0 Å². The van der Waals surface area contributed by atoms with Gasteiger partial charge in [-0.15, -0.1) is 0 Å². The Kier molecular flexibility index (Phi) is 8.93. The fourth-order valence-electron chi connectivity index (χ4n) is 2.88. The smallest absolute Gasteiger partial charge is 0.191 e. The molecule has 5 heteroatoms. The van der Waals surface area contributed by atoms with Gasteiger partial charge in [-0.3, -0.25) is 4.90 Å². The molecule has 0 spiro atoms. The molecule has 0 aliphatic rings. The molecule has 0 radical (unpaired) electrons. The minimum absolute atomic E-state index is 0.310. The van der Waals surface area contributed by atoms with Crippen LogP contribution in [0, 0.1) is 0 Å². The number of nitrogens with zero attached hydrogens (tertiary/aromatic N) is 2. The normalized spacial score (nSPS) is 14.9. The molecule has 25 heavy (non-hydrogen) atoms. The summed E-state index contributed by atoms with van der Waals surface area (Å²) in [6.07, 6.45) is 0. The first kappa shape index (κ1) is 21.5. The zero-order valence-corrected chi connectivity index (χ0v) is 16.7. The quantitative estimate of drug-likeness (QED) is 0.474. The number of hydrogen-bond acceptors (Lipinski definition) is 3. The van der Waals surface area contributed by atoms with Gasteiger partial charge in [-0.05, 0) is 47.1 Å². The molecule has 5 nitrogen and oxygen atoms in total. The molecule has 0 aromatic heterocycles. The summed E-state index contributed by atoms with van der Waals surface area (Å²) < 4.78 is 0. The highest BCUT2D eigenvalue weighted by molar-refractivity contribution is 5.79. The van der Waals surface area contributed by atoms with Gasteiger partial charge in [0.25, 0.3) is 0 Å². The highest BCUT2D eigenvalue weighted by Gasteiger charge is 2.22. The van der Waals surface area contributed by atoms with Gasteiger partial charge in [-0.25, -0.2) is 4.99 Å². The van der Waals surface area contributed by atoms with E-state index in [1.165, 1.54) is 0 Å². The predicted molar refractivity (Wildman–Crippen MR) is 107 cm³/mol. The van der Waals surface area contributed by atoms with Gasteiger partial charge in [-0.2, -0.15) is 0 Å². The van der Waals surface area contributed by atoms with Crippen molar-refractivity contribution < 1.29 is 5.11 Å². The summed E-state index contributed by atoms with van der Waals surface area (Å²) in [5.74, 6) is 0.742. The van der Waals surface area contributed by atoms with Gasteiger partial charge >= 0.3 is 0 Å². The van der Waals surface area contributed by atoms with Crippen LogP contribution < -0.4 is 10.6 Å². The molecule has 1 aromatic carbocycles. The van der Waals surface area contributed by atoms with Gasteiger partial charge in [-0.1, -0.05) is 30.3 Å². The van der Waals surface area contributed by atoms with E-state index in [0.29, 0.717) is 18.6 Å². The van der Waals surface area contributed by atoms with Crippen LogP contribution in [-0.4, -0.2) is 54.2 Å². The van der Waals surface area contributed by atoms with Crippen LogP contribution in [0.1, 0.15) is 47.1 Å². The minimum Gasteiger partial charge on any atom is -0.384 e. The summed E-state index contributed by atoms with van der Waals surface area (Å²) in [5, 5.41) is 17.3. The number of nitrogens with one attached hydrogen (secondary N) is 2. The van der Waals surface area contributed by atoms with Gasteiger partial charge in [0.1, 0.15) is 5.60 Å². The summed E-state index contributed by atoms with van der Waals surface area (Å²) in [7, 11) is 0. The molecular weight excluding hydrogens is 312 g/mol. The monoisotopic (exact) mass is 348 g/mol. The van der Waals surface area contributed by atoms with E-state index in [9.17, 15) is 5.11 Å². The predicted octanol–water partition coefficient (Wildman–Crippen LogP) is 2.57. The van der Waals surface area contributed by atoms with Gasteiger partial charge < -0.3 is 15.7 Å². The average molecular weight is 349 g/mol. The van der Waals surface area contributed by atoms with Gasteiger partial charge in [0.15, 0.2) is 5.96 Å². The SMILES string of the molecule is CCNC(=NCC(C)(O)c1ccccc1)NCCN(C(C)C)C(C)C. The Morgan fingerprint density at radius 2 is 1.72 bits per heavy atom. The zero-order valence-electron chi connectivity index (χ0n) is 16.7. The first-order valence-corrected chi connectivity index (χ1v) is 9.33. The molecule has 1 aromatic rings. The second-order valence-electron chi connectivity index (χ2n) is 7.19. The number of guanidine groups is 1. The maximum atomic E-state index is 10.7. The molecule has 0 amide bonds. The molecule has 0 heterocycles. The summed E-state index contributed by atoms with van der Waals surface area (Å²) in [5.41, 5.74) is -0.105. The van der Waals surface area contributed by atoms with Crippen molar-refractivity contribution in [3.8, 4) is 0 Å². The van der Waals surface area contributed by atoms with Crippen molar-refractivity contribution >= 4 is 5.96 Å². The number of benzene rings is 1. The van der Waals surface area contributed by atoms with E-state index in [4.69, 9.17) is 0 Å². The third-order valence-electron chi connectivity index (χ3n) is 4.27. The molecule has 142 valence electrons. The van der Waals surface area contributed by atoms with Crippen molar-refractivity contribution in [3.63, 3.8) is 0 Å². The van der Waals surface area contributed by atoms with Crippen molar-refractivity contribution in [2.45, 2.75) is 59.2 Å². The second-order valence-corrected chi connectivity index (χ2v) is 7.19. The standard InChI is InChI=1S/C20H36N4O/c1-7-21-19(22-13-14-24(16(2)3)17(4)5)23-15-20(6,25)18-11-9-8-10-12-18/h8-12,16-17,25H,7,13-15H2,1-6H3,(H2,21,22,23). The van der Waals surface area contributed by atoms with Crippen LogP contribution in [-0.2, 0) is 5.60 Å². The van der Waals surface area contributed by atoms with Crippen LogP contribution in [0.2, 0.25) is 0 Å². The lowest BCUT2D eigenvalue weighted by molar-refractivity contribution is 0.0672. The molecule has 0 aliphatic heterocycles. The van der Waals surface area contributed by atoms with E-state index in [0.717, 1.165) is 31.2 Å². The Morgan fingerprint density at radius 1 is 1.12 bits per heavy atom. The minimum atomic E-state index is -0.981. The fourth-order valence-corrected chi connectivity index (χ4v) is 2.88. The first-order chi connectivity index (χ1) is 11.8. The van der Waals surface area contributed by atoms with E-state index in [1.807, 2.05) is 37.3 Å². The molecule has 3 N–H and O–H groups in total. The summed E-state index contributed by atoms with van der Waals surface area (Å²) in [4.78, 5) is 7.02. The molecule has 1 atom stereocenters. The van der Waals surface area contributed by atoms with Crippen LogP contribution in [0.5, 0.6) is 0 Å². The van der Waals surface area contributed by atoms with Gasteiger partial charge in [0.05, 0.1) is 6.54 Å². The molecular formula is C20H36N4O. The maximum Gasteiger partial charge on any atom is 0.191 e. The van der Waals surface area contributed by atoms with Crippen LogP contribution >= 0.6 is 0 Å². The lowest BCUT2D eigenvalue weighted by Gasteiger charge is -2.30. The summed E-state index contributed by atoms with van der Waals surface area (Å²) in [6.45, 7) is 15.6. The Balaban J connectivity index is 2.65. The van der Waals surface area contributed by atoms with E-state index < -0.39 is 5.60 Å². The van der Waals surface area contributed by atoms with Crippen molar-refractivity contribution in [1.82, 2.24) is 15.5 Å². The number of aliphatic hydroxyl groups is 1.